The number of benzene rings is 2. The quantitative estimate of drug-likeness (QED) is 0.473. The van der Waals surface area contributed by atoms with Gasteiger partial charge in [-0.2, -0.15) is 0 Å². The minimum atomic E-state index is 0.692. The molecule has 0 aliphatic carbocycles. The molecule has 0 radical (unpaired) electrons. The van der Waals surface area contributed by atoms with Crippen molar-refractivity contribution in [1.29, 1.82) is 0 Å². The predicted molar refractivity (Wildman–Crippen MR) is 104 cm³/mol. The summed E-state index contributed by atoms with van der Waals surface area (Å²) in [4.78, 5) is 0. The highest BCUT2D eigenvalue weighted by molar-refractivity contribution is 5.89. The van der Waals surface area contributed by atoms with Gasteiger partial charge in [0.1, 0.15) is 0 Å². The molecule has 2 aromatic carbocycles. The fourth-order valence-electron chi connectivity index (χ4n) is 4.15. The first-order valence-electron chi connectivity index (χ1n) is 9.58. The molecule has 2 atom stereocenters. The molecule has 0 fully saturated rings. The van der Waals surface area contributed by atoms with Crippen molar-refractivity contribution in [2.75, 3.05) is 0 Å². The van der Waals surface area contributed by atoms with Gasteiger partial charge >= 0.3 is 0 Å². The van der Waals surface area contributed by atoms with E-state index in [1.807, 2.05) is 0 Å². The molecule has 0 aliphatic rings. The number of aryl methyl sites for hydroxylation is 1. The van der Waals surface area contributed by atoms with Gasteiger partial charge in [0.15, 0.2) is 0 Å². The molecule has 0 saturated carbocycles. The van der Waals surface area contributed by atoms with Crippen molar-refractivity contribution in [2.45, 2.75) is 72.6 Å². The summed E-state index contributed by atoms with van der Waals surface area (Å²) < 4.78 is 0. The largest absolute Gasteiger partial charge is 0.0654 e. The first kappa shape index (κ1) is 18.0. The SMILES string of the molecule is CCCCC(C(C)C)C(CCC)c1ccc(C)c2ccccc12. The van der Waals surface area contributed by atoms with E-state index in [1.165, 1.54) is 48.4 Å². The average molecular weight is 311 g/mol. The average Bonchev–Trinajstić information content (AvgIpc) is 2.55. The standard InChI is InChI=1S/C23H34/c1-6-8-12-19(17(3)4)21(11-7-2)23-16-15-18(5)20-13-9-10-14-22(20)23/h9-10,13-17,19,21H,6-8,11-12H2,1-5H3. The Labute approximate surface area is 143 Å². The van der Waals surface area contributed by atoms with Crippen LogP contribution in [0.5, 0.6) is 0 Å². The minimum Gasteiger partial charge on any atom is -0.0654 e. The molecule has 23 heavy (non-hydrogen) atoms. The lowest BCUT2D eigenvalue weighted by Gasteiger charge is -2.32. The third-order valence-electron chi connectivity index (χ3n) is 5.44. The number of fused-ring (bicyclic) bond motifs is 1. The molecule has 0 aliphatic heterocycles. The van der Waals surface area contributed by atoms with Crippen LogP contribution in [0.4, 0.5) is 0 Å². The molecule has 0 heterocycles. The zero-order valence-electron chi connectivity index (χ0n) is 15.7. The molecule has 0 nitrogen and oxygen atoms in total. The highest BCUT2D eigenvalue weighted by Gasteiger charge is 2.26. The van der Waals surface area contributed by atoms with Gasteiger partial charge in [-0.25, -0.2) is 0 Å². The van der Waals surface area contributed by atoms with Gasteiger partial charge in [-0.3, -0.25) is 0 Å². The second-order valence-corrected chi connectivity index (χ2v) is 7.46. The zero-order chi connectivity index (χ0) is 16.8. The van der Waals surface area contributed by atoms with E-state index in [1.54, 1.807) is 5.56 Å². The van der Waals surface area contributed by atoms with Gasteiger partial charge in [-0.15, -0.1) is 0 Å². The lowest BCUT2D eigenvalue weighted by molar-refractivity contribution is 0.279. The molecule has 0 spiro atoms. The lowest BCUT2D eigenvalue weighted by Crippen LogP contribution is -2.19. The van der Waals surface area contributed by atoms with Crippen LogP contribution >= 0.6 is 0 Å². The Morgan fingerprint density at radius 1 is 0.826 bits per heavy atom. The smallest absolute Gasteiger partial charge is 0.0125 e. The van der Waals surface area contributed by atoms with Gasteiger partial charge in [-0.1, -0.05) is 83.4 Å². The summed E-state index contributed by atoms with van der Waals surface area (Å²) in [6.45, 7) is 11.7. The molecule has 2 rings (SSSR count). The Balaban J connectivity index is 2.50. The first-order chi connectivity index (χ1) is 11.1. The summed E-state index contributed by atoms with van der Waals surface area (Å²) in [6, 6.07) is 13.7. The van der Waals surface area contributed by atoms with Crippen molar-refractivity contribution in [2.24, 2.45) is 11.8 Å². The Morgan fingerprint density at radius 2 is 1.52 bits per heavy atom. The van der Waals surface area contributed by atoms with E-state index >= 15 is 0 Å². The maximum Gasteiger partial charge on any atom is -0.0125 e. The fourth-order valence-corrected chi connectivity index (χ4v) is 4.15. The van der Waals surface area contributed by atoms with Crippen molar-refractivity contribution < 1.29 is 0 Å². The van der Waals surface area contributed by atoms with E-state index < -0.39 is 0 Å². The second-order valence-electron chi connectivity index (χ2n) is 7.46. The molecule has 0 heteroatoms. The molecule has 0 N–H and O–H groups in total. The van der Waals surface area contributed by atoms with Gasteiger partial charge in [0.25, 0.3) is 0 Å². The van der Waals surface area contributed by atoms with Crippen LogP contribution in [0.25, 0.3) is 10.8 Å². The van der Waals surface area contributed by atoms with Gasteiger partial charge in [0.05, 0.1) is 0 Å². The zero-order valence-corrected chi connectivity index (χ0v) is 15.7. The van der Waals surface area contributed by atoms with Crippen LogP contribution in [-0.2, 0) is 0 Å². The third-order valence-corrected chi connectivity index (χ3v) is 5.44. The number of unbranched alkanes of at least 4 members (excludes halogenated alkanes) is 1. The highest BCUT2D eigenvalue weighted by Crippen LogP contribution is 2.40. The molecule has 126 valence electrons. The van der Waals surface area contributed by atoms with Crippen molar-refractivity contribution >= 4 is 10.8 Å². The van der Waals surface area contributed by atoms with Gasteiger partial charge < -0.3 is 0 Å². The van der Waals surface area contributed by atoms with Crippen molar-refractivity contribution in [1.82, 2.24) is 0 Å². The molecular formula is C23H34. The molecule has 0 amide bonds. The van der Waals surface area contributed by atoms with Crippen molar-refractivity contribution in [3.05, 3.63) is 47.5 Å². The Morgan fingerprint density at radius 3 is 2.13 bits per heavy atom. The first-order valence-corrected chi connectivity index (χ1v) is 9.58. The van der Waals surface area contributed by atoms with Gasteiger partial charge in [-0.05, 0) is 59.4 Å². The molecule has 0 aromatic heterocycles. The summed E-state index contributed by atoms with van der Waals surface area (Å²) in [5.74, 6) is 2.23. The van der Waals surface area contributed by atoms with Crippen molar-refractivity contribution in [3.63, 3.8) is 0 Å². The van der Waals surface area contributed by atoms with E-state index in [0.717, 1.165) is 11.8 Å². The van der Waals surface area contributed by atoms with E-state index in [-0.39, 0.29) is 0 Å². The summed E-state index contributed by atoms with van der Waals surface area (Å²) >= 11 is 0. The summed E-state index contributed by atoms with van der Waals surface area (Å²) in [7, 11) is 0. The van der Waals surface area contributed by atoms with E-state index in [2.05, 4.69) is 71.0 Å². The van der Waals surface area contributed by atoms with Crippen molar-refractivity contribution in [3.8, 4) is 0 Å². The Hall–Kier alpha value is -1.30. The predicted octanol–water partition coefficient (Wildman–Crippen LogP) is 7.49. The summed E-state index contributed by atoms with van der Waals surface area (Å²) in [5.41, 5.74) is 2.98. The van der Waals surface area contributed by atoms with Gasteiger partial charge in [0.2, 0.25) is 0 Å². The van der Waals surface area contributed by atoms with Crippen LogP contribution in [0.3, 0.4) is 0 Å². The van der Waals surface area contributed by atoms with E-state index in [0.29, 0.717) is 5.92 Å². The highest BCUT2D eigenvalue weighted by atomic mass is 14.3. The van der Waals surface area contributed by atoms with Crippen LogP contribution in [0, 0.1) is 18.8 Å². The molecular weight excluding hydrogens is 276 g/mol. The summed E-state index contributed by atoms with van der Waals surface area (Å²) in [6.07, 6.45) is 6.59. The third kappa shape index (κ3) is 4.16. The molecule has 2 aromatic rings. The maximum atomic E-state index is 2.42. The fraction of sp³-hybridized carbons (Fsp3) is 0.565. The number of hydrogen-bond acceptors (Lipinski definition) is 0. The van der Waals surface area contributed by atoms with Gasteiger partial charge in [0, 0.05) is 0 Å². The summed E-state index contributed by atoms with van der Waals surface area (Å²) in [5, 5.41) is 2.91. The second kappa shape index (κ2) is 8.52. The van der Waals surface area contributed by atoms with Crippen LogP contribution in [0.2, 0.25) is 0 Å². The number of rotatable bonds is 8. The van der Waals surface area contributed by atoms with Crippen LogP contribution in [-0.4, -0.2) is 0 Å². The number of hydrogen-bond donors (Lipinski definition) is 0. The van der Waals surface area contributed by atoms with Crippen LogP contribution in [0.1, 0.15) is 76.8 Å². The maximum absolute atomic E-state index is 2.42. The molecule has 2 unspecified atom stereocenters. The van der Waals surface area contributed by atoms with E-state index in [9.17, 15) is 0 Å². The molecule has 0 bridgehead atoms. The normalized spacial score (nSPS) is 14.3. The topological polar surface area (TPSA) is 0 Å². The Kier molecular flexibility index (Phi) is 6.69. The minimum absolute atomic E-state index is 0.692. The van der Waals surface area contributed by atoms with Crippen LogP contribution in [0.15, 0.2) is 36.4 Å². The Bertz CT molecular complexity index is 608. The lowest BCUT2D eigenvalue weighted by atomic mass is 9.73. The van der Waals surface area contributed by atoms with Crippen LogP contribution < -0.4 is 0 Å². The molecule has 0 saturated heterocycles. The monoisotopic (exact) mass is 310 g/mol. The van der Waals surface area contributed by atoms with E-state index in [4.69, 9.17) is 0 Å².